The molecule has 0 saturated carbocycles. The Morgan fingerprint density at radius 1 is 1.24 bits per heavy atom. The molecule has 2 unspecified atom stereocenters. The van der Waals surface area contributed by atoms with E-state index in [2.05, 4.69) is 29.3 Å². The summed E-state index contributed by atoms with van der Waals surface area (Å²) >= 11 is 0. The van der Waals surface area contributed by atoms with E-state index >= 15 is 0 Å². The van der Waals surface area contributed by atoms with Gasteiger partial charge in [-0.3, -0.25) is 13.9 Å². The number of hydrogen-bond donors (Lipinski definition) is 1. The lowest BCUT2D eigenvalue weighted by Gasteiger charge is -2.25. The fourth-order valence-corrected chi connectivity index (χ4v) is 4.52. The number of rotatable bonds is 9. The van der Waals surface area contributed by atoms with Gasteiger partial charge in [-0.1, -0.05) is 24.3 Å². The monoisotopic (exact) mass is 467 g/mol. The summed E-state index contributed by atoms with van der Waals surface area (Å²) in [6, 6.07) is 8.19. The fourth-order valence-electron chi connectivity index (χ4n) is 4.52. The molecule has 9 heteroatoms. The standard InChI is InChI=1S/C25H33N5O4/c1-18(31)16-30(34-21-12-7-11-20(15-21)19-9-5-4-6-10-19)14-8-13-29-17-26-23-22(29)24(32)28(3)25(33)27(23)2/h4-5,7,11-12,15,17-19,31H,6,8-10,13-14,16H2,1-3H3. The second kappa shape index (κ2) is 10.4. The van der Waals surface area contributed by atoms with E-state index in [1.54, 1.807) is 29.9 Å². The van der Waals surface area contributed by atoms with Gasteiger partial charge in [0.25, 0.3) is 5.56 Å². The number of benzene rings is 1. The van der Waals surface area contributed by atoms with Gasteiger partial charge >= 0.3 is 5.69 Å². The third-order valence-corrected chi connectivity index (χ3v) is 6.32. The summed E-state index contributed by atoms with van der Waals surface area (Å²) in [6.45, 7) is 3.16. The largest absolute Gasteiger partial charge is 0.406 e. The quantitative estimate of drug-likeness (QED) is 0.383. The molecule has 2 atom stereocenters. The van der Waals surface area contributed by atoms with Crippen molar-refractivity contribution in [1.82, 2.24) is 23.7 Å². The first-order valence-electron chi connectivity index (χ1n) is 11.8. The van der Waals surface area contributed by atoms with Crippen molar-refractivity contribution in [1.29, 1.82) is 0 Å². The van der Waals surface area contributed by atoms with Crippen LogP contribution in [-0.2, 0) is 20.6 Å². The lowest BCUT2D eigenvalue weighted by Crippen LogP contribution is -2.37. The van der Waals surface area contributed by atoms with Gasteiger partial charge in [-0.25, -0.2) is 9.78 Å². The molecule has 0 amide bonds. The molecule has 0 bridgehead atoms. The minimum absolute atomic E-state index is 0.358. The van der Waals surface area contributed by atoms with Gasteiger partial charge < -0.3 is 14.5 Å². The van der Waals surface area contributed by atoms with E-state index < -0.39 is 11.8 Å². The molecule has 2 aromatic heterocycles. The van der Waals surface area contributed by atoms with Crippen LogP contribution < -0.4 is 16.1 Å². The van der Waals surface area contributed by atoms with E-state index in [1.165, 1.54) is 17.2 Å². The van der Waals surface area contributed by atoms with Crippen LogP contribution in [0.15, 0.2) is 52.3 Å². The van der Waals surface area contributed by atoms with Crippen LogP contribution in [0.1, 0.15) is 44.1 Å². The number of allylic oxidation sites excluding steroid dienone is 2. The Kier molecular flexibility index (Phi) is 7.33. The number of hydrogen-bond acceptors (Lipinski definition) is 6. The van der Waals surface area contributed by atoms with E-state index in [-0.39, 0.29) is 5.56 Å². The molecule has 0 saturated heterocycles. The summed E-state index contributed by atoms with van der Waals surface area (Å²) in [6.07, 6.45) is 9.47. The second-order valence-electron chi connectivity index (χ2n) is 9.05. The topological polar surface area (TPSA) is 94.5 Å². The zero-order valence-corrected chi connectivity index (χ0v) is 20.1. The first-order chi connectivity index (χ1) is 16.3. The van der Waals surface area contributed by atoms with Crippen LogP contribution >= 0.6 is 0 Å². The molecule has 9 nitrogen and oxygen atoms in total. The molecule has 0 fully saturated rings. The van der Waals surface area contributed by atoms with Crippen molar-refractivity contribution in [3.05, 3.63) is 69.1 Å². The number of aromatic nitrogens is 4. The molecule has 34 heavy (non-hydrogen) atoms. The SMILES string of the molecule is CC(O)CN(CCCn1cnc2c1c(=O)n(C)c(=O)n2C)Oc1cccc(C2CC=CCC2)c1. The average Bonchev–Trinajstić information content (AvgIpc) is 3.26. The van der Waals surface area contributed by atoms with Crippen molar-refractivity contribution in [3.8, 4) is 5.75 Å². The minimum Gasteiger partial charge on any atom is -0.406 e. The molecule has 1 N–H and O–H groups in total. The number of hydroxylamine groups is 2. The molecule has 0 spiro atoms. The second-order valence-corrected chi connectivity index (χ2v) is 9.05. The van der Waals surface area contributed by atoms with Gasteiger partial charge in [0.15, 0.2) is 11.2 Å². The van der Waals surface area contributed by atoms with Crippen LogP contribution in [0.3, 0.4) is 0 Å². The van der Waals surface area contributed by atoms with Crippen LogP contribution in [0, 0.1) is 0 Å². The Hall–Kier alpha value is -3.17. The van der Waals surface area contributed by atoms with Gasteiger partial charge in [-0.2, -0.15) is 0 Å². The molecular weight excluding hydrogens is 434 g/mol. The number of aliphatic hydroxyl groups excluding tert-OH is 1. The summed E-state index contributed by atoms with van der Waals surface area (Å²) in [7, 11) is 3.08. The van der Waals surface area contributed by atoms with E-state index in [9.17, 15) is 14.7 Å². The predicted molar refractivity (Wildman–Crippen MR) is 131 cm³/mol. The molecular formula is C25H33N5O4. The van der Waals surface area contributed by atoms with Crippen molar-refractivity contribution in [2.45, 2.75) is 51.2 Å². The Morgan fingerprint density at radius 2 is 2.06 bits per heavy atom. The van der Waals surface area contributed by atoms with Crippen LogP contribution in [-0.4, -0.2) is 48.0 Å². The van der Waals surface area contributed by atoms with Gasteiger partial charge in [0.05, 0.1) is 19.0 Å². The van der Waals surface area contributed by atoms with Crippen LogP contribution in [0.5, 0.6) is 5.75 Å². The molecule has 2 heterocycles. The molecule has 1 aliphatic rings. The number of aliphatic hydroxyl groups is 1. The van der Waals surface area contributed by atoms with Gasteiger partial charge in [-0.05, 0) is 56.2 Å². The lowest BCUT2D eigenvalue weighted by molar-refractivity contribution is -0.0826. The predicted octanol–water partition coefficient (Wildman–Crippen LogP) is 2.32. The number of nitrogens with zero attached hydrogens (tertiary/aromatic N) is 5. The molecule has 4 rings (SSSR count). The Balaban J connectivity index is 1.45. The Bertz CT molecular complexity index is 1290. The van der Waals surface area contributed by atoms with Crippen molar-refractivity contribution >= 4 is 11.2 Å². The normalized spacial score (nSPS) is 16.9. The highest BCUT2D eigenvalue weighted by Gasteiger charge is 2.17. The van der Waals surface area contributed by atoms with Crippen molar-refractivity contribution in [3.63, 3.8) is 0 Å². The lowest BCUT2D eigenvalue weighted by atomic mass is 9.88. The molecule has 1 aromatic carbocycles. The van der Waals surface area contributed by atoms with Crippen LogP contribution in [0.4, 0.5) is 0 Å². The third kappa shape index (κ3) is 5.15. The number of fused-ring (bicyclic) bond motifs is 1. The molecule has 1 aliphatic carbocycles. The molecule has 0 radical (unpaired) electrons. The highest BCUT2D eigenvalue weighted by molar-refractivity contribution is 5.69. The summed E-state index contributed by atoms with van der Waals surface area (Å²) < 4.78 is 4.25. The summed E-state index contributed by atoms with van der Waals surface area (Å²) in [5, 5.41) is 11.7. The number of aryl methyl sites for hydroxylation is 2. The molecule has 0 aliphatic heterocycles. The highest BCUT2D eigenvalue weighted by atomic mass is 16.7. The first-order valence-corrected chi connectivity index (χ1v) is 11.8. The van der Waals surface area contributed by atoms with Crippen molar-refractivity contribution in [2.75, 3.05) is 13.1 Å². The maximum atomic E-state index is 12.6. The van der Waals surface area contributed by atoms with Crippen molar-refractivity contribution in [2.24, 2.45) is 14.1 Å². The number of imidazole rings is 1. The van der Waals surface area contributed by atoms with Crippen molar-refractivity contribution < 1.29 is 9.94 Å². The van der Waals surface area contributed by atoms with E-state index in [4.69, 9.17) is 4.84 Å². The van der Waals surface area contributed by atoms with Gasteiger partial charge in [-0.15, -0.1) is 5.06 Å². The van der Waals surface area contributed by atoms with Gasteiger partial charge in [0.2, 0.25) is 0 Å². The van der Waals surface area contributed by atoms with E-state index in [0.29, 0.717) is 43.1 Å². The molecule has 3 aromatic rings. The average molecular weight is 468 g/mol. The first kappa shape index (κ1) is 24.0. The molecule has 182 valence electrons. The zero-order valence-electron chi connectivity index (χ0n) is 20.1. The highest BCUT2D eigenvalue weighted by Crippen LogP contribution is 2.31. The Morgan fingerprint density at radius 3 is 2.79 bits per heavy atom. The Labute approximate surface area is 198 Å². The summed E-state index contributed by atoms with van der Waals surface area (Å²) in [5.74, 6) is 1.26. The van der Waals surface area contributed by atoms with Gasteiger partial charge in [0, 0.05) is 27.2 Å². The maximum Gasteiger partial charge on any atom is 0.332 e. The third-order valence-electron chi connectivity index (χ3n) is 6.32. The summed E-state index contributed by atoms with van der Waals surface area (Å²) in [5.41, 5.74) is 1.29. The maximum absolute atomic E-state index is 12.6. The van der Waals surface area contributed by atoms with Gasteiger partial charge in [0.1, 0.15) is 5.75 Å². The van der Waals surface area contributed by atoms with Crippen LogP contribution in [0.25, 0.3) is 11.2 Å². The van der Waals surface area contributed by atoms with Crippen LogP contribution in [0.2, 0.25) is 0 Å². The smallest absolute Gasteiger partial charge is 0.332 e. The zero-order chi connectivity index (χ0) is 24.2. The minimum atomic E-state index is -0.553. The van der Waals surface area contributed by atoms with E-state index in [0.717, 1.165) is 29.6 Å². The fraction of sp³-hybridized carbons (Fsp3) is 0.480. The van der Waals surface area contributed by atoms with E-state index in [1.807, 2.05) is 12.1 Å². The summed E-state index contributed by atoms with van der Waals surface area (Å²) in [4.78, 5) is 35.2.